The van der Waals surface area contributed by atoms with Crippen molar-refractivity contribution in [3.8, 4) is 0 Å². The highest BCUT2D eigenvalue weighted by Gasteiger charge is 2.30. The second-order valence-corrected chi connectivity index (χ2v) is 7.70. The van der Waals surface area contributed by atoms with E-state index in [2.05, 4.69) is 10.4 Å². The van der Waals surface area contributed by atoms with E-state index in [-0.39, 0.29) is 42.8 Å². The molecule has 2 aromatic heterocycles. The fraction of sp³-hybridized carbons (Fsp3) is 0.125. The van der Waals surface area contributed by atoms with E-state index in [4.69, 9.17) is 0 Å². The quantitative estimate of drug-likeness (QED) is 0.479. The molecule has 1 fully saturated rings. The fourth-order valence-electron chi connectivity index (χ4n) is 3.85. The van der Waals surface area contributed by atoms with E-state index < -0.39 is 0 Å². The Labute approximate surface area is 187 Å². The highest BCUT2D eigenvalue weighted by Crippen LogP contribution is 2.24. The van der Waals surface area contributed by atoms with E-state index in [1.807, 2.05) is 12.1 Å². The summed E-state index contributed by atoms with van der Waals surface area (Å²) in [6, 6.07) is 18.9. The Kier molecular flexibility index (Phi) is 5.06. The zero-order valence-electron chi connectivity index (χ0n) is 17.5. The van der Waals surface area contributed by atoms with Gasteiger partial charge in [-0.2, -0.15) is 0 Å². The van der Waals surface area contributed by atoms with Crippen molar-refractivity contribution in [2.45, 2.75) is 19.4 Å². The number of hydrogen-bond acceptors (Lipinski definition) is 5. The number of aromatic nitrogens is 3. The molecule has 1 aliphatic heterocycles. The number of nitrogens with zero attached hydrogens (tertiary/aromatic N) is 4. The van der Waals surface area contributed by atoms with E-state index in [0.717, 1.165) is 10.5 Å². The molecular formula is C24H19N5O4. The Hall–Kier alpha value is -4.53. The van der Waals surface area contributed by atoms with Crippen molar-refractivity contribution in [2.75, 3.05) is 10.2 Å². The molecule has 33 heavy (non-hydrogen) atoms. The van der Waals surface area contributed by atoms with E-state index in [0.29, 0.717) is 22.6 Å². The summed E-state index contributed by atoms with van der Waals surface area (Å²) in [6.45, 7) is 0.249. The second kappa shape index (κ2) is 8.19. The summed E-state index contributed by atoms with van der Waals surface area (Å²) in [6.07, 6.45) is 2.02. The van der Waals surface area contributed by atoms with Gasteiger partial charge in [0.05, 0.1) is 12.2 Å². The van der Waals surface area contributed by atoms with Gasteiger partial charge in [0.2, 0.25) is 11.8 Å². The van der Waals surface area contributed by atoms with E-state index in [1.165, 1.54) is 15.1 Å². The van der Waals surface area contributed by atoms with Crippen LogP contribution in [0.4, 0.5) is 11.4 Å². The summed E-state index contributed by atoms with van der Waals surface area (Å²) in [5.41, 5.74) is 2.36. The van der Waals surface area contributed by atoms with Crippen LogP contribution in [0.2, 0.25) is 0 Å². The predicted molar refractivity (Wildman–Crippen MR) is 121 cm³/mol. The Morgan fingerprint density at radius 3 is 2.48 bits per heavy atom. The van der Waals surface area contributed by atoms with E-state index >= 15 is 0 Å². The first-order valence-corrected chi connectivity index (χ1v) is 10.4. The zero-order chi connectivity index (χ0) is 22.9. The molecule has 0 spiro atoms. The molecule has 4 aromatic rings. The van der Waals surface area contributed by atoms with E-state index in [9.17, 15) is 19.2 Å². The van der Waals surface area contributed by atoms with E-state index in [1.54, 1.807) is 54.7 Å². The molecule has 2 aromatic carbocycles. The minimum atomic E-state index is -0.377. The number of carbonyl (C=O) groups excluding carboxylic acids is 3. The lowest BCUT2D eigenvalue weighted by Gasteiger charge is -2.15. The number of imide groups is 1. The summed E-state index contributed by atoms with van der Waals surface area (Å²) < 4.78 is 2.83. The van der Waals surface area contributed by atoms with Crippen molar-refractivity contribution in [1.29, 1.82) is 0 Å². The summed E-state index contributed by atoms with van der Waals surface area (Å²) in [5, 5.41) is 7.15. The fourth-order valence-corrected chi connectivity index (χ4v) is 3.85. The van der Waals surface area contributed by atoms with Crippen LogP contribution in [0.25, 0.3) is 5.65 Å². The highest BCUT2D eigenvalue weighted by molar-refractivity contribution is 6.20. The monoisotopic (exact) mass is 441 g/mol. The molecule has 3 heterocycles. The van der Waals surface area contributed by atoms with Gasteiger partial charge in [0.15, 0.2) is 5.65 Å². The molecule has 0 bridgehead atoms. The predicted octanol–water partition coefficient (Wildman–Crippen LogP) is 2.45. The third-order valence-corrected chi connectivity index (χ3v) is 5.42. The van der Waals surface area contributed by atoms with Gasteiger partial charge in [-0.05, 0) is 48.0 Å². The van der Waals surface area contributed by atoms with Crippen LogP contribution in [0, 0.1) is 0 Å². The standard InChI is InChI=1S/C24H19N5O4/c30-21-10-11-22(31)29(21)19-8-4-6-17(14-19)23(32)25-18-7-3-5-16(13-18)15-28-24(33)27-12-2-1-9-20(27)26-28/h1-9,12-14H,10-11,15H2,(H,25,32). The molecule has 0 unspecified atom stereocenters. The second-order valence-electron chi connectivity index (χ2n) is 7.70. The van der Waals surface area contributed by atoms with Gasteiger partial charge in [-0.15, -0.1) is 5.10 Å². The molecule has 9 nitrogen and oxygen atoms in total. The normalized spacial score (nSPS) is 13.6. The molecule has 0 saturated carbocycles. The Balaban J connectivity index is 1.34. The third-order valence-electron chi connectivity index (χ3n) is 5.42. The molecule has 5 rings (SSSR count). The SMILES string of the molecule is O=C(Nc1cccc(Cn2nc3ccccn3c2=O)c1)c1cccc(N2C(=O)CCC2=O)c1. The van der Waals surface area contributed by atoms with Crippen molar-refractivity contribution in [2.24, 2.45) is 0 Å². The summed E-state index contributed by atoms with van der Waals surface area (Å²) in [4.78, 5) is 50.4. The first kappa shape index (κ1) is 20.4. The van der Waals surface area contributed by atoms with Crippen LogP contribution >= 0.6 is 0 Å². The number of benzene rings is 2. The number of fused-ring (bicyclic) bond motifs is 1. The lowest BCUT2D eigenvalue weighted by atomic mass is 10.1. The molecule has 164 valence electrons. The van der Waals surface area contributed by atoms with Crippen molar-refractivity contribution in [3.63, 3.8) is 0 Å². The van der Waals surface area contributed by atoms with Crippen LogP contribution in [0.3, 0.4) is 0 Å². The third kappa shape index (κ3) is 3.91. The van der Waals surface area contributed by atoms with Crippen molar-refractivity contribution in [3.05, 3.63) is 94.5 Å². The number of rotatable bonds is 5. The molecule has 1 N–H and O–H groups in total. The molecular weight excluding hydrogens is 422 g/mol. The summed E-state index contributed by atoms with van der Waals surface area (Å²) >= 11 is 0. The van der Waals surface area contributed by atoms with Crippen LogP contribution in [-0.2, 0) is 16.1 Å². The van der Waals surface area contributed by atoms with Crippen molar-refractivity contribution in [1.82, 2.24) is 14.2 Å². The largest absolute Gasteiger partial charge is 0.350 e. The molecule has 0 aliphatic carbocycles. The number of amides is 3. The van der Waals surface area contributed by atoms with Gasteiger partial charge in [0.1, 0.15) is 0 Å². The van der Waals surface area contributed by atoms with Crippen LogP contribution in [0.15, 0.2) is 77.7 Å². The van der Waals surface area contributed by atoms with Crippen LogP contribution < -0.4 is 15.9 Å². The average Bonchev–Trinajstić information content (AvgIpc) is 3.32. The molecule has 1 aliphatic rings. The number of carbonyl (C=O) groups is 3. The lowest BCUT2D eigenvalue weighted by molar-refractivity contribution is -0.121. The highest BCUT2D eigenvalue weighted by atomic mass is 16.2. The summed E-state index contributed by atoms with van der Waals surface area (Å²) in [5.74, 6) is -0.919. The van der Waals surface area contributed by atoms with Gasteiger partial charge in [0.25, 0.3) is 5.91 Å². The first-order chi connectivity index (χ1) is 16.0. The van der Waals surface area contributed by atoms with Gasteiger partial charge >= 0.3 is 5.69 Å². The minimum Gasteiger partial charge on any atom is -0.322 e. The maximum atomic E-state index is 12.8. The molecule has 0 radical (unpaired) electrons. The van der Waals surface area contributed by atoms with Gasteiger partial charge in [0, 0.05) is 30.3 Å². The van der Waals surface area contributed by atoms with Crippen LogP contribution in [0.5, 0.6) is 0 Å². The molecule has 1 saturated heterocycles. The molecule has 9 heteroatoms. The first-order valence-electron chi connectivity index (χ1n) is 10.4. The molecule has 0 atom stereocenters. The topological polar surface area (TPSA) is 106 Å². The average molecular weight is 441 g/mol. The van der Waals surface area contributed by atoms with Crippen molar-refractivity contribution < 1.29 is 14.4 Å². The molecule has 3 amide bonds. The van der Waals surface area contributed by atoms with Crippen molar-refractivity contribution >= 4 is 34.7 Å². The number of anilines is 2. The van der Waals surface area contributed by atoms with Crippen LogP contribution in [0.1, 0.15) is 28.8 Å². The zero-order valence-corrected chi connectivity index (χ0v) is 17.5. The smallest absolute Gasteiger partial charge is 0.322 e. The Morgan fingerprint density at radius 2 is 1.70 bits per heavy atom. The maximum absolute atomic E-state index is 12.8. The Morgan fingerprint density at radius 1 is 0.909 bits per heavy atom. The number of nitrogens with one attached hydrogen (secondary N) is 1. The van der Waals surface area contributed by atoms with Gasteiger partial charge in [-0.1, -0.05) is 24.3 Å². The minimum absolute atomic E-state index is 0.178. The van der Waals surface area contributed by atoms with Gasteiger partial charge in [-0.25, -0.2) is 9.48 Å². The van der Waals surface area contributed by atoms with Gasteiger partial charge < -0.3 is 5.32 Å². The summed E-state index contributed by atoms with van der Waals surface area (Å²) in [7, 11) is 0. The van der Waals surface area contributed by atoms with Gasteiger partial charge in [-0.3, -0.25) is 23.7 Å². The maximum Gasteiger partial charge on any atom is 0.350 e. The van der Waals surface area contributed by atoms with Crippen LogP contribution in [-0.4, -0.2) is 31.9 Å². The number of hydrogen-bond donors (Lipinski definition) is 1. The number of pyridine rings is 1. The lowest BCUT2D eigenvalue weighted by Crippen LogP contribution is -2.28. The Bertz CT molecular complexity index is 1450.